The summed E-state index contributed by atoms with van der Waals surface area (Å²) in [7, 11) is 5.23. The summed E-state index contributed by atoms with van der Waals surface area (Å²) >= 11 is 0. The van der Waals surface area contributed by atoms with Crippen LogP contribution in [0.1, 0.15) is 63.9 Å². The maximum Gasteiger partial charge on any atom is 0.337 e. The molecule has 0 unspecified atom stereocenters. The van der Waals surface area contributed by atoms with E-state index in [-0.39, 0.29) is 17.8 Å². The van der Waals surface area contributed by atoms with Gasteiger partial charge in [0.1, 0.15) is 12.0 Å². The van der Waals surface area contributed by atoms with Crippen molar-refractivity contribution >= 4 is 23.4 Å². The first kappa shape index (κ1) is 25.0. The van der Waals surface area contributed by atoms with Gasteiger partial charge in [-0.1, -0.05) is 25.5 Å². The Morgan fingerprint density at radius 1 is 1.06 bits per heavy atom. The summed E-state index contributed by atoms with van der Waals surface area (Å²) in [6.45, 7) is 3.75. The predicted molar refractivity (Wildman–Crippen MR) is 134 cm³/mol. The Labute approximate surface area is 207 Å². The molecule has 0 aromatic heterocycles. The van der Waals surface area contributed by atoms with Gasteiger partial charge in [0.2, 0.25) is 0 Å². The van der Waals surface area contributed by atoms with Gasteiger partial charge in [-0.15, -0.1) is 0 Å². The van der Waals surface area contributed by atoms with Crippen molar-refractivity contribution in [1.82, 2.24) is 5.32 Å². The van der Waals surface area contributed by atoms with Gasteiger partial charge in [-0.2, -0.15) is 0 Å². The zero-order valence-corrected chi connectivity index (χ0v) is 21.3. The lowest BCUT2D eigenvalue weighted by atomic mass is 9.69. The number of ether oxygens (including phenoxy) is 2. The predicted octanol–water partition coefficient (Wildman–Crippen LogP) is 4.24. The first-order chi connectivity index (χ1) is 16.7. The van der Waals surface area contributed by atoms with E-state index in [1.54, 1.807) is 0 Å². The van der Waals surface area contributed by atoms with Crippen molar-refractivity contribution in [2.24, 2.45) is 11.8 Å². The van der Waals surface area contributed by atoms with Crippen LogP contribution < -0.4 is 10.2 Å². The second-order valence-corrected chi connectivity index (χ2v) is 10.2. The molecule has 0 bridgehead atoms. The average Bonchev–Trinajstić information content (AvgIpc) is 2.83. The maximum absolute atomic E-state index is 13.8. The number of allylic oxidation sites excluding steroid dienone is 3. The molecule has 1 N–H and O–H groups in total. The van der Waals surface area contributed by atoms with E-state index >= 15 is 0 Å². The number of methoxy groups -OCH3 is 1. The Bertz CT molecular complexity index is 1060. The van der Waals surface area contributed by atoms with Gasteiger partial charge in [-0.3, -0.25) is 9.59 Å². The smallest absolute Gasteiger partial charge is 0.337 e. The van der Waals surface area contributed by atoms with Gasteiger partial charge < -0.3 is 19.7 Å². The van der Waals surface area contributed by atoms with E-state index in [0.29, 0.717) is 23.3 Å². The average molecular weight is 481 g/mol. The fourth-order valence-corrected chi connectivity index (χ4v) is 5.65. The molecular formula is C28H36N2O5. The molecule has 1 aromatic rings. The molecule has 0 radical (unpaired) electrons. The van der Waals surface area contributed by atoms with Crippen LogP contribution in [0.3, 0.4) is 0 Å². The summed E-state index contributed by atoms with van der Waals surface area (Å²) in [5, 5.41) is 3.33. The molecule has 4 rings (SSSR count). The van der Waals surface area contributed by atoms with Crippen LogP contribution in [0, 0.1) is 11.8 Å². The molecule has 3 aliphatic rings. The quantitative estimate of drug-likeness (QED) is 0.498. The molecule has 3 atom stereocenters. The van der Waals surface area contributed by atoms with Gasteiger partial charge in [0, 0.05) is 42.7 Å². The summed E-state index contributed by atoms with van der Waals surface area (Å²) in [6.07, 6.45) is 5.41. The number of benzene rings is 1. The van der Waals surface area contributed by atoms with E-state index in [2.05, 4.69) is 5.32 Å². The molecule has 0 amide bonds. The summed E-state index contributed by atoms with van der Waals surface area (Å²) < 4.78 is 11.0. The Hall–Kier alpha value is -3.09. The third-order valence-corrected chi connectivity index (χ3v) is 7.53. The summed E-state index contributed by atoms with van der Waals surface area (Å²) in [6, 6.07) is 7.86. The summed E-state index contributed by atoms with van der Waals surface area (Å²) in [4.78, 5) is 42.0. The Balaban J connectivity index is 1.78. The highest BCUT2D eigenvalue weighted by Crippen LogP contribution is 2.46. The number of anilines is 1. The zero-order valence-electron chi connectivity index (χ0n) is 21.3. The number of hydrogen-bond donors (Lipinski definition) is 1. The van der Waals surface area contributed by atoms with Crippen LogP contribution in [0.2, 0.25) is 0 Å². The molecule has 7 heteroatoms. The second kappa shape index (κ2) is 10.3. The van der Waals surface area contributed by atoms with Crippen LogP contribution in [-0.2, 0) is 23.9 Å². The van der Waals surface area contributed by atoms with Crippen molar-refractivity contribution in [2.45, 2.75) is 64.4 Å². The van der Waals surface area contributed by atoms with E-state index in [9.17, 15) is 14.4 Å². The number of ketones is 1. The molecule has 1 heterocycles. The van der Waals surface area contributed by atoms with Crippen molar-refractivity contribution in [3.05, 3.63) is 52.4 Å². The second-order valence-electron chi connectivity index (χ2n) is 10.2. The molecule has 0 spiro atoms. The van der Waals surface area contributed by atoms with Gasteiger partial charge in [0.15, 0.2) is 5.78 Å². The highest BCUT2D eigenvalue weighted by Gasteiger charge is 2.47. The number of nitrogens with zero attached hydrogens (tertiary/aromatic N) is 1. The van der Waals surface area contributed by atoms with E-state index in [1.165, 1.54) is 7.11 Å². The van der Waals surface area contributed by atoms with Crippen LogP contribution in [0.25, 0.3) is 0 Å². The lowest BCUT2D eigenvalue weighted by Crippen LogP contribution is -2.43. The van der Waals surface area contributed by atoms with Crippen molar-refractivity contribution in [2.75, 3.05) is 26.1 Å². The maximum atomic E-state index is 13.8. The SMILES string of the molecule is COC(=O)[C@@H]1C(=O)C2=C(C[C@H]1C)NC(C)=C(C(=O)OC1CCCCC1)[C@@H]2c1ccc(N(C)C)cc1. The van der Waals surface area contributed by atoms with Gasteiger partial charge in [-0.05, 0) is 62.6 Å². The molecule has 1 saturated carbocycles. The highest BCUT2D eigenvalue weighted by molar-refractivity contribution is 6.12. The summed E-state index contributed by atoms with van der Waals surface area (Å²) in [5.41, 5.74) is 4.22. The largest absolute Gasteiger partial charge is 0.468 e. The normalized spacial score (nSPS) is 25.1. The number of carbonyl (C=O) groups excluding carboxylic acids is 3. The molecule has 1 aromatic carbocycles. The Kier molecular flexibility index (Phi) is 7.33. The lowest BCUT2D eigenvalue weighted by Gasteiger charge is -2.38. The third kappa shape index (κ3) is 4.86. The van der Waals surface area contributed by atoms with Gasteiger partial charge in [0.05, 0.1) is 12.7 Å². The standard InChI is InChI=1S/C28H36N2O5/c1-16-15-21-25(26(31)22(16)27(32)34-5)24(18-11-13-19(14-12-18)30(3)4)23(17(2)29-21)28(33)35-20-9-7-6-8-10-20/h11-14,16,20,22,24,29H,6-10,15H2,1-5H3/t16-,22+,24+/m1/s1. The minimum Gasteiger partial charge on any atom is -0.468 e. The zero-order chi connectivity index (χ0) is 25.3. The number of carbonyl (C=O) groups is 3. The van der Waals surface area contributed by atoms with Crippen molar-refractivity contribution < 1.29 is 23.9 Å². The lowest BCUT2D eigenvalue weighted by molar-refractivity contribution is -0.151. The Morgan fingerprint density at radius 2 is 1.71 bits per heavy atom. The van der Waals surface area contributed by atoms with Crippen LogP contribution in [-0.4, -0.2) is 45.0 Å². The minimum absolute atomic E-state index is 0.103. The van der Waals surface area contributed by atoms with E-state index in [4.69, 9.17) is 9.47 Å². The number of rotatable bonds is 5. The number of esters is 2. The molecule has 2 aliphatic carbocycles. The van der Waals surface area contributed by atoms with E-state index < -0.39 is 23.8 Å². The number of nitrogens with one attached hydrogen (secondary N) is 1. The molecule has 0 saturated heterocycles. The topological polar surface area (TPSA) is 84.9 Å². The first-order valence-corrected chi connectivity index (χ1v) is 12.5. The van der Waals surface area contributed by atoms with Crippen LogP contribution in [0.4, 0.5) is 5.69 Å². The number of hydrogen-bond acceptors (Lipinski definition) is 7. The van der Waals surface area contributed by atoms with E-state index in [1.807, 2.05) is 57.1 Å². The third-order valence-electron chi connectivity index (χ3n) is 7.53. The fourth-order valence-electron chi connectivity index (χ4n) is 5.65. The number of dihydropyridines is 1. The van der Waals surface area contributed by atoms with Gasteiger partial charge >= 0.3 is 11.9 Å². The van der Waals surface area contributed by atoms with Crippen LogP contribution >= 0.6 is 0 Å². The van der Waals surface area contributed by atoms with Crippen molar-refractivity contribution in [3.8, 4) is 0 Å². The number of Topliss-reactive ketones (excluding diaryl/α,β-unsaturated/α-hetero) is 1. The van der Waals surface area contributed by atoms with Crippen LogP contribution in [0.5, 0.6) is 0 Å². The van der Waals surface area contributed by atoms with Crippen molar-refractivity contribution in [1.29, 1.82) is 0 Å². The molecule has 35 heavy (non-hydrogen) atoms. The first-order valence-electron chi connectivity index (χ1n) is 12.5. The summed E-state index contributed by atoms with van der Waals surface area (Å²) in [5.74, 6) is -2.91. The molecular weight excluding hydrogens is 444 g/mol. The Morgan fingerprint density at radius 3 is 2.31 bits per heavy atom. The van der Waals surface area contributed by atoms with Crippen molar-refractivity contribution in [3.63, 3.8) is 0 Å². The molecule has 1 aliphatic heterocycles. The van der Waals surface area contributed by atoms with Gasteiger partial charge in [0.25, 0.3) is 0 Å². The molecule has 188 valence electrons. The molecule has 7 nitrogen and oxygen atoms in total. The highest BCUT2D eigenvalue weighted by atomic mass is 16.5. The molecule has 1 fully saturated rings. The monoisotopic (exact) mass is 480 g/mol. The fraction of sp³-hybridized carbons (Fsp3) is 0.536. The van der Waals surface area contributed by atoms with Crippen LogP contribution in [0.15, 0.2) is 46.8 Å². The van der Waals surface area contributed by atoms with Gasteiger partial charge in [-0.25, -0.2) is 4.79 Å². The van der Waals surface area contributed by atoms with E-state index in [0.717, 1.165) is 49.1 Å². The minimum atomic E-state index is -0.891.